The highest BCUT2D eigenvalue weighted by Gasteiger charge is 2.19. The fraction of sp³-hybridized carbons (Fsp3) is 0.350. The first-order valence-corrected chi connectivity index (χ1v) is 8.35. The van der Waals surface area contributed by atoms with Crippen LogP contribution >= 0.6 is 0 Å². The number of fused-ring (bicyclic) bond motifs is 1. The van der Waals surface area contributed by atoms with Crippen LogP contribution in [0.1, 0.15) is 26.3 Å². The lowest BCUT2D eigenvalue weighted by atomic mass is 9.86. The van der Waals surface area contributed by atoms with Gasteiger partial charge in [0.25, 0.3) is 5.91 Å². The summed E-state index contributed by atoms with van der Waals surface area (Å²) in [7, 11) is 0. The Morgan fingerprint density at radius 1 is 1.08 bits per heavy atom. The number of nitrogens with one attached hydrogen (secondary N) is 1. The van der Waals surface area contributed by atoms with Gasteiger partial charge in [0.2, 0.25) is 0 Å². The Balaban J connectivity index is 1.62. The third-order valence-corrected chi connectivity index (χ3v) is 3.88. The first kappa shape index (κ1) is 17.1. The van der Waals surface area contributed by atoms with Crippen LogP contribution in [-0.4, -0.2) is 25.7 Å². The van der Waals surface area contributed by atoms with Crippen LogP contribution in [0.4, 0.5) is 5.69 Å². The van der Waals surface area contributed by atoms with Gasteiger partial charge in [0.1, 0.15) is 19.0 Å². The average molecular weight is 341 g/mol. The SMILES string of the molecule is CC(C)(C)c1ccccc1OCC(=O)Nc1ccc2c(c1)OCCO2. The molecule has 1 aliphatic heterocycles. The van der Waals surface area contributed by atoms with Crippen LogP contribution in [-0.2, 0) is 10.2 Å². The van der Waals surface area contributed by atoms with Crippen molar-refractivity contribution in [1.29, 1.82) is 0 Å². The first-order chi connectivity index (χ1) is 11.9. The van der Waals surface area contributed by atoms with Gasteiger partial charge in [-0.05, 0) is 29.2 Å². The third-order valence-electron chi connectivity index (χ3n) is 3.88. The van der Waals surface area contributed by atoms with Gasteiger partial charge in [-0.15, -0.1) is 0 Å². The zero-order chi connectivity index (χ0) is 17.9. The molecule has 1 aliphatic rings. The molecule has 2 aromatic carbocycles. The number of anilines is 1. The minimum Gasteiger partial charge on any atom is -0.486 e. The zero-order valence-electron chi connectivity index (χ0n) is 14.8. The molecule has 25 heavy (non-hydrogen) atoms. The maximum absolute atomic E-state index is 12.2. The lowest BCUT2D eigenvalue weighted by Gasteiger charge is -2.22. The molecular weight excluding hydrogens is 318 g/mol. The zero-order valence-corrected chi connectivity index (χ0v) is 14.8. The minimum absolute atomic E-state index is 0.0527. The normalized spacial score (nSPS) is 13.2. The molecular formula is C20H23NO4. The van der Waals surface area contributed by atoms with Gasteiger partial charge in [0.05, 0.1) is 0 Å². The van der Waals surface area contributed by atoms with Crippen LogP contribution < -0.4 is 19.5 Å². The van der Waals surface area contributed by atoms with Crippen molar-refractivity contribution in [2.75, 3.05) is 25.1 Å². The van der Waals surface area contributed by atoms with Gasteiger partial charge in [-0.25, -0.2) is 0 Å². The van der Waals surface area contributed by atoms with E-state index in [0.29, 0.717) is 30.4 Å². The van der Waals surface area contributed by atoms with Gasteiger partial charge < -0.3 is 19.5 Å². The van der Waals surface area contributed by atoms with E-state index >= 15 is 0 Å². The van der Waals surface area contributed by atoms with Crippen molar-refractivity contribution in [2.24, 2.45) is 0 Å². The lowest BCUT2D eigenvalue weighted by molar-refractivity contribution is -0.118. The second-order valence-corrected chi connectivity index (χ2v) is 6.94. The van der Waals surface area contributed by atoms with E-state index in [1.165, 1.54) is 0 Å². The molecule has 0 saturated carbocycles. The van der Waals surface area contributed by atoms with E-state index in [1.807, 2.05) is 24.3 Å². The molecule has 0 saturated heterocycles. The topological polar surface area (TPSA) is 56.8 Å². The molecule has 0 radical (unpaired) electrons. The lowest BCUT2D eigenvalue weighted by Crippen LogP contribution is -2.22. The van der Waals surface area contributed by atoms with E-state index < -0.39 is 0 Å². The van der Waals surface area contributed by atoms with Gasteiger partial charge in [-0.3, -0.25) is 4.79 Å². The Kier molecular flexibility index (Phi) is 4.83. The molecule has 5 heteroatoms. The molecule has 0 atom stereocenters. The summed E-state index contributed by atoms with van der Waals surface area (Å²) >= 11 is 0. The van der Waals surface area contributed by atoms with Crippen molar-refractivity contribution >= 4 is 11.6 Å². The number of rotatable bonds is 4. The molecule has 0 fully saturated rings. The van der Waals surface area contributed by atoms with E-state index in [2.05, 4.69) is 26.1 Å². The van der Waals surface area contributed by atoms with Crippen molar-refractivity contribution in [2.45, 2.75) is 26.2 Å². The predicted octanol–water partition coefficient (Wildman–Crippen LogP) is 3.77. The van der Waals surface area contributed by atoms with E-state index in [0.717, 1.165) is 11.3 Å². The monoisotopic (exact) mass is 341 g/mol. The van der Waals surface area contributed by atoms with Gasteiger partial charge in [-0.2, -0.15) is 0 Å². The van der Waals surface area contributed by atoms with Crippen molar-refractivity contribution in [3.8, 4) is 17.2 Å². The Bertz CT molecular complexity index is 765. The summed E-state index contributed by atoms with van der Waals surface area (Å²) in [4.78, 5) is 12.2. The largest absolute Gasteiger partial charge is 0.486 e. The predicted molar refractivity (Wildman–Crippen MR) is 96.7 cm³/mol. The molecule has 0 bridgehead atoms. The molecule has 132 valence electrons. The average Bonchev–Trinajstić information content (AvgIpc) is 2.59. The van der Waals surface area contributed by atoms with Crippen molar-refractivity contribution in [3.05, 3.63) is 48.0 Å². The number of benzene rings is 2. The smallest absolute Gasteiger partial charge is 0.262 e. The van der Waals surface area contributed by atoms with Gasteiger partial charge in [-0.1, -0.05) is 39.0 Å². The summed E-state index contributed by atoms with van der Waals surface area (Å²) in [6.07, 6.45) is 0. The quantitative estimate of drug-likeness (QED) is 0.920. The van der Waals surface area contributed by atoms with Crippen LogP contribution in [0.5, 0.6) is 17.2 Å². The maximum atomic E-state index is 12.2. The van der Waals surface area contributed by atoms with Gasteiger partial charge in [0, 0.05) is 11.8 Å². The molecule has 0 aromatic heterocycles. The number of carbonyl (C=O) groups excluding carboxylic acids is 1. The molecule has 1 amide bonds. The van der Waals surface area contributed by atoms with E-state index in [1.54, 1.807) is 18.2 Å². The Morgan fingerprint density at radius 3 is 2.56 bits per heavy atom. The molecule has 5 nitrogen and oxygen atoms in total. The summed E-state index contributed by atoms with van der Waals surface area (Å²) in [6.45, 7) is 7.34. The number of para-hydroxylation sites is 1. The first-order valence-electron chi connectivity index (χ1n) is 8.35. The van der Waals surface area contributed by atoms with Crippen LogP contribution in [0.15, 0.2) is 42.5 Å². The second-order valence-electron chi connectivity index (χ2n) is 6.94. The molecule has 2 aromatic rings. The second kappa shape index (κ2) is 7.05. The van der Waals surface area contributed by atoms with Crippen LogP contribution in [0, 0.1) is 0 Å². The molecule has 1 N–H and O–H groups in total. The molecule has 0 aliphatic carbocycles. The van der Waals surface area contributed by atoms with Crippen LogP contribution in [0.2, 0.25) is 0 Å². The summed E-state index contributed by atoms with van der Waals surface area (Å²) < 4.78 is 16.7. The maximum Gasteiger partial charge on any atom is 0.262 e. The van der Waals surface area contributed by atoms with Crippen LogP contribution in [0.3, 0.4) is 0 Å². The summed E-state index contributed by atoms with van der Waals surface area (Å²) in [6, 6.07) is 13.1. The highest BCUT2D eigenvalue weighted by atomic mass is 16.6. The summed E-state index contributed by atoms with van der Waals surface area (Å²) in [5.41, 5.74) is 1.67. The van der Waals surface area contributed by atoms with Crippen molar-refractivity contribution in [1.82, 2.24) is 0 Å². The number of amides is 1. The Hall–Kier alpha value is -2.69. The Labute approximate surface area is 147 Å². The summed E-state index contributed by atoms with van der Waals surface area (Å²) in [5.74, 6) is 1.84. The number of hydrogen-bond donors (Lipinski definition) is 1. The third kappa shape index (κ3) is 4.24. The fourth-order valence-corrected chi connectivity index (χ4v) is 2.67. The van der Waals surface area contributed by atoms with E-state index in [4.69, 9.17) is 14.2 Å². The molecule has 0 spiro atoms. The molecule has 1 heterocycles. The number of hydrogen-bond acceptors (Lipinski definition) is 4. The summed E-state index contributed by atoms with van der Waals surface area (Å²) in [5, 5.41) is 2.82. The fourth-order valence-electron chi connectivity index (χ4n) is 2.67. The minimum atomic E-state index is -0.222. The Morgan fingerprint density at radius 2 is 1.80 bits per heavy atom. The van der Waals surface area contributed by atoms with Crippen molar-refractivity contribution < 1.29 is 19.0 Å². The van der Waals surface area contributed by atoms with E-state index in [-0.39, 0.29) is 17.9 Å². The standard InChI is InChI=1S/C20H23NO4/c1-20(2,3)15-6-4-5-7-16(15)25-13-19(22)21-14-8-9-17-18(12-14)24-11-10-23-17/h4-9,12H,10-11,13H2,1-3H3,(H,21,22). The number of ether oxygens (including phenoxy) is 3. The van der Waals surface area contributed by atoms with E-state index in [9.17, 15) is 4.79 Å². The molecule has 0 unspecified atom stereocenters. The van der Waals surface area contributed by atoms with Crippen LogP contribution in [0.25, 0.3) is 0 Å². The number of carbonyl (C=O) groups is 1. The highest BCUT2D eigenvalue weighted by Crippen LogP contribution is 2.33. The van der Waals surface area contributed by atoms with Gasteiger partial charge in [0.15, 0.2) is 18.1 Å². The van der Waals surface area contributed by atoms with Crippen molar-refractivity contribution in [3.63, 3.8) is 0 Å². The van der Waals surface area contributed by atoms with Gasteiger partial charge >= 0.3 is 0 Å². The molecule has 3 rings (SSSR count). The highest BCUT2D eigenvalue weighted by molar-refractivity contribution is 5.92.